The number of benzene rings is 1. The molecule has 3 heterocycles. The molecule has 1 aromatic carbocycles. The van der Waals surface area contributed by atoms with Crippen molar-refractivity contribution < 1.29 is 4.79 Å². The van der Waals surface area contributed by atoms with Crippen LogP contribution in [-0.2, 0) is 17.9 Å². The van der Waals surface area contributed by atoms with Gasteiger partial charge < -0.3 is 16.0 Å². The van der Waals surface area contributed by atoms with Crippen molar-refractivity contribution in [2.45, 2.75) is 45.3 Å². The minimum absolute atomic E-state index is 0.0106. The van der Waals surface area contributed by atoms with Crippen molar-refractivity contribution in [3.8, 4) is 11.1 Å². The Morgan fingerprint density at radius 3 is 2.72 bits per heavy atom. The Hall–Kier alpha value is -3.95. The fourth-order valence-electron chi connectivity index (χ4n) is 3.87. The van der Waals surface area contributed by atoms with E-state index in [1.807, 2.05) is 30.5 Å². The molecule has 0 unspecified atom stereocenters. The predicted molar refractivity (Wildman–Crippen MR) is 120 cm³/mol. The maximum absolute atomic E-state index is 12.4. The van der Waals surface area contributed by atoms with Gasteiger partial charge in [-0.1, -0.05) is 24.3 Å². The Labute approximate surface area is 183 Å². The summed E-state index contributed by atoms with van der Waals surface area (Å²) in [4.78, 5) is 35.7. The predicted octanol–water partition coefficient (Wildman–Crippen LogP) is 1.59. The molecule has 1 aliphatic carbocycles. The average Bonchev–Trinajstić information content (AvgIpc) is 3.31. The van der Waals surface area contributed by atoms with Gasteiger partial charge in [0.1, 0.15) is 17.9 Å². The number of fused-ring (bicyclic) bond motifs is 1. The summed E-state index contributed by atoms with van der Waals surface area (Å²) < 4.78 is 3.20. The number of H-pyrrole nitrogens is 1. The first kappa shape index (κ1) is 20.0. The van der Waals surface area contributed by atoms with Crippen molar-refractivity contribution in [3.05, 3.63) is 58.5 Å². The summed E-state index contributed by atoms with van der Waals surface area (Å²) in [6, 6.07) is 8.18. The second-order valence-electron chi connectivity index (χ2n) is 8.19. The van der Waals surface area contributed by atoms with Crippen LogP contribution in [0.5, 0.6) is 0 Å². The van der Waals surface area contributed by atoms with Gasteiger partial charge in [-0.05, 0) is 37.3 Å². The lowest BCUT2D eigenvalue weighted by molar-refractivity contribution is -0.123. The van der Waals surface area contributed by atoms with Crippen LogP contribution >= 0.6 is 0 Å². The van der Waals surface area contributed by atoms with Crippen LogP contribution in [0.1, 0.15) is 30.7 Å². The Kier molecular flexibility index (Phi) is 4.96. The number of anilines is 1. The average molecular weight is 432 g/mol. The molecule has 4 N–H and O–H groups in total. The molecule has 0 aliphatic heterocycles. The van der Waals surface area contributed by atoms with Gasteiger partial charge >= 0.3 is 5.69 Å². The van der Waals surface area contributed by atoms with Crippen molar-refractivity contribution in [1.82, 2.24) is 34.6 Å². The topological polar surface area (TPSA) is 137 Å². The maximum atomic E-state index is 12.4. The molecule has 0 atom stereocenters. The number of nitrogens with two attached hydrogens (primary N) is 1. The summed E-state index contributed by atoms with van der Waals surface area (Å²) in [5.74, 6) is 0.761. The Morgan fingerprint density at radius 1 is 1.22 bits per heavy atom. The lowest BCUT2D eigenvalue weighted by Gasteiger charge is -2.26. The van der Waals surface area contributed by atoms with Gasteiger partial charge in [0, 0.05) is 17.8 Å². The molecule has 1 aliphatic rings. The smallest absolute Gasteiger partial charge is 0.328 e. The molecule has 5 rings (SSSR count). The van der Waals surface area contributed by atoms with Gasteiger partial charge in [0.25, 0.3) is 0 Å². The number of nitrogens with one attached hydrogen (secondary N) is 2. The van der Waals surface area contributed by atoms with Gasteiger partial charge in [-0.25, -0.2) is 14.8 Å². The SMILES string of the molecule is Cc1nc(N)c2[nH]c(=O)n(Cc3ccc(-c4cnn(CC(=O)NC5CCC5)c4)cc3)c2n1. The Bertz CT molecular complexity index is 1340. The normalized spacial score (nSPS) is 13.9. The van der Waals surface area contributed by atoms with Crippen LogP contribution in [0, 0.1) is 6.92 Å². The summed E-state index contributed by atoms with van der Waals surface area (Å²) in [6.07, 6.45) is 6.92. The molecule has 4 aromatic rings. The quantitative estimate of drug-likeness (QED) is 0.423. The number of imidazole rings is 1. The van der Waals surface area contributed by atoms with Gasteiger partial charge in [-0.3, -0.25) is 14.0 Å². The van der Waals surface area contributed by atoms with Gasteiger partial charge in [-0.15, -0.1) is 0 Å². The molecular weight excluding hydrogens is 408 g/mol. The Morgan fingerprint density at radius 2 is 2.00 bits per heavy atom. The molecular formula is C22H24N8O2. The first-order valence-corrected chi connectivity index (χ1v) is 10.6. The van der Waals surface area contributed by atoms with Gasteiger partial charge in [-0.2, -0.15) is 5.10 Å². The van der Waals surface area contributed by atoms with E-state index in [1.54, 1.807) is 22.4 Å². The van der Waals surface area contributed by atoms with Crippen molar-refractivity contribution in [1.29, 1.82) is 0 Å². The third-order valence-electron chi connectivity index (χ3n) is 5.80. The number of aromatic nitrogens is 6. The number of nitrogen functional groups attached to an aromatic ring is 1. The zero-order valence-electron chi connectivity index (χ0n) is 17.7. The largest absolute Gasteiger partial charge is 0.382 e. The molecule has 164 valence electrons. The van der Waals surface area contributed by atoms with E-state index >= 15 is 0 Å². The molecule has 1 saturated carbocycles. The monoisotopic (exact) mass is 432 g/mol. The van der Waals surface area contributed by atoms with Crippen LogP contribution in [-0.4, -0.2) is 41.2 Å². The standard InChI is InChI=1S/C22H24N8O2/c1-13-25-20(23)19-21(26-13)30(22(32)28-19)10-14-5-7-15(8-6-14)16-9-24-29(11-16)12-18(31)27-17-3-2-4-17/h5-9,11,17H,2-4,10,12H2,1H3,(H,27,31)(H,28,32)(H2,23,25,26). The van der Waals surface area contributed by atoms with Gasteiger partial charge in [0.2, 0.25) is 5.91 Å². The highest BCUT2D eigenvalue weighted by atomic mass is 16.2. The highest BCUT2D eigenvalue weighted by molar-refractivity contribution is 5.81. The minimum Gasteiger partial charge on any atom is -0.382 e. The van der Waals surface area contributed by atoms with Crippen LogP contribution < -0.4 is 16.7 Å². The van der Waals surface area contributed by atoms with E-state index in [4.69, 9.17) is 5.73 Å². The van der Waals surface area contributed by atoms with E-state index < -0.39 is 0 Å². The zero-order valence-corrected chi connectivity index (χ0v) is 17.7. The fourth-order valence-corrected chi connectivity index (χ4v) is 3.87. The van der Waals surface area contributed by atoms with E-state index in [0.717, 1.165) is 29.5 Å². The molecule has 10 heteroatoms. The lowest BCUT2D eigenvalue weighted by atomic mass is 9.93. The zero-order chi connectivity index (χ0) is 22.2. The summed E-state index contributed by atoms with van der Waals surface area (Å²) in [7, 11) is 0. The van der Waals surface area contributed by atoms with Gasteiger partial charge in [0.05, 0.1) is 12.7 Å². The second-order valence-corrected chi connectivity index (χ2v) is 8.19. The van der Waals surface area contributed by atoms with E-state index in [-0.39, 0.29) is 24.0 Å². The number of hydrogen-bond donors (Lipinski definition) is 3. The molecule has 0 bridgehead atoms. The highest BCUT2D eigenvalue weighted by Crippen LogP contribution is 2.21. The van der Waals surface area contributed by atoms with Crippen LogP contribution in [0.15, 0.2) is 41.5 Å². The number of carbonyl (C=O) groups is 1. The lowest BCUT2D eigenvalue weighted by Crippen LogP contribution is -2.41. The van der Waals surface area contributed by atoms with Crippen molar-refractivity contribution >= 4 is 22.9 Å². The van der Waals surface area contributed by atoms with Crippen LogP contribution in [0.3, 0.4) is 0 Å². The number of rotatable bonds is 6. The molecule has 0 radical (unpaired) electrons. The van der Waals surface area contributed by atoms with Crippen molar-refractivity contribution in [2.24, 2.45) is 0 Å². The number of carbonyl (C=O) groups excluding carboxylic acids is 1. The van der Waals surface area contributed by atoms with Crippen LogP contribution in [0.25, 0.3) is 22.3 Å². The summed E-state index contributed by atoms with van der Waals surface area (Å²) in [5, 5.41) is 7.33. The first-order valence-electron chi connectivity index (χ1n) is 10.6. The van der Waals surface area contributed by atoms with Crippen LogP contribution in [0.4, 0.5) is 5.82 Å². The number of aromatic amines is 1. The minimum atomic E-state index is -0.280. The van der Waals surface area contributed by atoms with E-state index in [1.165, 1.54) is 6.42 Å². The molecule has 10 nitrogen and oxygen atoms in total. The molecule has 3 aromatic heterocycles. The molecule has 1 fully saturated rings. The number of hydrogen-bond acceptors (Lipinski definition) is 6. The van der Waals surface area contributed by atoms with Crippen LogP contribution in [0.2, 0.25) is 0 Å². The van der Waals surface area contributed by atoms with Gasteiger partial charge in [0.15, 0.2) is 11.5 Å². The first-order chi connectivity index (χ1) is 15.5. The van der Waals surface area contributed by atoms with E-state index in [2.05, 4.69) is 25.4 Å². The molecule has 0 spiro atoms. The molecule has 32 heavy (non-hydrogen) atoms. The summed E-state index contributed by atoms with van der Waals surface area (Å²) >= 11 is 0. The third-order valence-corrected chi connectivity index (χ3v) is 5.80. The third kappa shape index (κ3) is 3.86. The number of nitrogens with zero attached hydrogens (tertiary/aromatic N) is 5. The second kappa shape index (κ2) is 7.95. The highest BCUT2D eigenvalue weighted by Gasteiger charge is 2.19. The fraction of sp³-hybridized carbons (Fsp3) is 0.318. The summed E-state index contributed by atoms with van der Waals surface area (Å²) in [6.45, 7) is 2.31. The number of amides is 1. The van der Waals surface area contributed by atoms with E-state index in [9.17, 15) is 9.59 Å². The number of aryl methyl sites for hydroxylation is 1. The maximum Gasteiger partial charge on any atom is 0.328 e. The van der Waals surface area contributed by atoms with Crippen molar-refractivity contribution in [2.75, 3.05) is 5.73 Å². The van der Waals surface area contributed by atoms with Crippen molar-refractivity contribution in [3.63, 3.8) is 0 Å². The van der Waals surface area contributed by atoms with E-state index in [0.29, 0.717) is 29.6 Å². The molecule has 1 amide bonds. The summed E-state index contributed by atoms with van der Waals surface area (Å²) in [5.41, 5.74) is 9.42. The Balaban J connectivity index is 1.30. The molecule has 0 saturated heterocycles.